The van der Waals surface area contributed by atoms with Gasteiger partial charge in [0.25, 0.3) is 0 Å². The molecule has 0 saturated heterocycles. The molecule has 0 fully saturated rings. The standard InChI is InChI=1S/C21H25.C13H10.C10H15.2ClH.Zr/c1-20(2,3)16-7-9-18-14(12-16)11-15-13-17(21(4,5)6)8-10-19(15)18;1-3-7-12(8-4-1)11-13-9-5-2-6-10-13;1-8-5-6-9(7-8)10(2,3)4;;;/h7-10,12H,11H2,1-6H3;1-10H;6H,5H2,1-4H3;2*1H;/q-1;;-1;;;+2/p-2. The van der Waals surface area contributed by atoms with Crippen LogP contribution in [0.1, 0.15) is 109 Å². The van der Waals surface area contributed by atoms with Crippen LogP contribution in [0.4, 0.5) is 0 Å². The van der Waals surface area contributed by atoms with E-state index >= 15 is 0 Å². The fraction of sp³-hybridized carbons (Fsp3) is 0.341. The molecule has 0 radical (unpaired) electrons. The number of rotatable bonds is 2. The minimum atomic E-state index is 0. The van der Waals surface area contributed by atoms with Gasteiger partial charge in [0.2, 0.25) is 0 Å². The van der Waals surface area contributed by atoms with Crippen molar-refractivity contribution in [3.63, 3.8) is 0 Å². The van der Waals surface area contributed by atoms with Gasteiger partial charge in [0.15, 0.2) is 0 Å². The summed E-state index contributed by atoms with van der Waals surface area (Å²) in [7, 11) is 0. The van der Waals surface area contributed by atoms with Crippen molar-refractivity contribution >= 4 is 3.21 Å². The third kappa shape index (κ3) is 11.1. The Morgan fingerprint density at radius 1 is 0.638 bits per heavy atom. The molecule has 0 amide bonds. The molecule has 0 nitrogen and oxygen atoms in total. The van der Waals surface area contributed by atoms with Crippen molar-refractivity contribution in [1.82, 2.24) is 0 Å². The number of halogens is 2. The Morgan fingerprint density at radius 3 is 1.60 bits per heavy atom. The van der Waals surface area contributed by atoms with E-state index in [-0.39, 0.29) is 41.1 Å². The number of hydrogen-bond donors (Lipinski definition) is 0. The summed E-state index contributed by atoms with van der Waals surface area (Å²) in [5, 5.41) is 0. The quantitative estimate of drug-likeness (QED) is 0.208. The molecular weight excluding hydrogens is 691 g/mol. The van der Waals surface area contributed by atoms with Crippen LogP contribution in [0.25, 0.3) is 11.1 Å². The number of allylic oxidation sites excluding steroid dienone is 4. The van der Waals surface area contributed by atoms with E-state index in [0.29, 0.717) is 0 Å². The van der Waals surface area contributed by atoms with Crippen LogP contribution in [-0.4, -0.2) is 3.21 Å². The molecule has 47 heavy (non-hydrogen) atoms. The normalized spacial score (nSPS) is 13.2. The van der Waals surface area contributed by atoms with E-state index in [1.165, 1.54) is 83.1 Å². The Balaban J connectivity index is 0.000000258. The van der Waals surface area contributed by atoms with Gasteiger partial charge in [0.05, 0.1) is 0 Å². The molecule has 0 bridgehead atoms. The molecule has 0 atom stereocenters. The average molecular weight is 741 g/mol. The molecule has 4 aromatic rings. The van der Waals surface area contributed by atoms with Crippen molar-refractivity contribution in [2.24, 2.45) is 5.41 Å². The van der Waals surface area contributed by atoms with Gasteiger partial charge in [0.1, 0.15) is 0 Å². The molecule has 0 spiro atoms. The van der Waals surface area contributed by atoms with Crippen LogP contribution in [0.3, 0.4) is 0 Å². The SMILES string of the molecule is CC(C)(C)c1[c-]c2c(cc1)-c1ccc(C(C)(C)C)cc1C2.CC1=[C-]C(C(C)(C)C)=CC1.[Cl-].[Cl-].[Zr+2]=[C](c1ccccc1)c1ccccc1. The molecule has 4 aromatic carbocycles. The second-order valence-electron chi connectivity index (χ2n) is 15.4. The van der Waals surface area contributed by atoms with Crippen LogP contribution >= 0.6 is 0 Å². The van der Waals surface area contributed by atoms with Crippen molar-refractivity contribution in [3.05, 3.63) is 154 Å². The van der Waals surface area contributed by atoms with Crippen molar-refractivity contribution in [2.75, 3.05) is 0 Å². The van der Waals surface area contributed by atoms with Gasteiger partial charge in [-0.25, -0.2) is 17.7 Å². The zero-order valence-electron chi connectivity index (χ0n) is 29.9. The van der Waals surface area contributed by atoms with Gasteiger partial charge in [-0.1, -0.05) is 99.4 Å². The van der Waals surface area contributed by atoms with Crippen molar-refractivity contribution in [2.45, 2.75) is 92.9 Å². The predicted molar refractivity (Wildman–Crippen MR) is 192 cm³/mol. The number of fused-ring (bicyclic) bond motifs is 3. The second kappa shape index (κ2) is 16.9. The maximum absolute atomic E-state index is 3.67. The topological polar surface area (TPSA) is 0 Å². The van der Waals surface area contributed by atoms with Gasteiger partial charge < -0.3 is 24.8 Å². The average Bonchev–Trinajstić information content (AvgIpc) is 3.60. The first kappa shape index (κ1) is 40.9. The van der Waals surface area contributed by atoms with E-state index in [1.807, 2.05) is 0 Å². The summed E-state index contributed by atoms with van der Waals surface area (Å²) < 4.78 is 1.42. The predicted octanol–water partition coefficient (Wildman–Crippen LogP) is 5.58. The van der Waals surface area contributed by atoms with Gasteiger partial charge in [-0.3, -0.25) is 0 Å². The van der Waals surface area contributed by atoms with Crippen LogP contribution in [0.2, 0.25) is 0 Å². The van der Waals surface area contributed by atoms with Crippen molar-refractivity contribution in [1.29, 1.82) is 0 Å². The third-order valence-corrected chi connectivity index (χ3v) is 9.78. The Morgan fingerprint density at radius 2 is 1.17 bits per heavy atom. The summed E-state index contributed by atoms with van der Waals surface area (Å²) in [6, 6.07) is 36.3. The summed E-state index contributed by atoms with van der Waals surface area (Å²) in [4.78, 5) is 0. The first-order chi connectivity index (χ1) is 21.0. The summed E-state index contributed by atoms with van der Waals surface area (Å²) in [5.74, 6) is 0. The first-order valence-corrected chi connectivity index (χ1v) is 17.5. The van der Waals surface area contributed by atoms with Gasteiger partial charge in [-0.2, -0.15) is 29.3 Å². The molecule has 246 valence electrons. The zero-order chi connectivity index (χ0) is 33.0. The summed E-state index contributed by atoms with van der Waals surface area (Å²) in [6.07, 6.45) is 7.77. The molecular formula is C44H50Cl2Zr-2. The monoisotopic (exact) mass is 738 g/mol. The summed E-state index contributed by atoms with van der Waals surface area (Å²) >= 11 is 1.46. The molecule has 0 aromatic heterocycles. The third-order valence-electron chi connectivity index (χ3n) is 8.36. The Hall–Kier alpha value is -2.31. The Kier molecular flexibility index (Phi) is 14.7. The van der Waals surface area contributed by atoms with E-state index in [0.717, 1.165) is 12.8 Å². The van der Waals surface area contributed by atoms with Crippen LogP contribution in [0, 0.1) is 17.6 Å². The molecule has 2 aliphatic rings. The number of hydrogen-bond acceptors (Lipinski definition) is 0. The number of benzene rings is 4. The van der Waals surface area contributed by atoms with Gasteiger partial charge >= 0.3 is 99.2 Å². The van der Waals surface area contributed by atoms with Crippen molar-refractivity contribution < 1.29 is 49.0 Å². The van der Waals surface area contributed by atoms with Gasteiger partial charge in [-0.15, -0.1) is 11.1 Å². The Labute approximate surface area is 313 Å². The molecule has 0 unspecified atom stereocenters. The molecule has 3 heteroatoms. The van der Waals surface area contributed by atoms with E-state index in [9.17, 15) is 0 Å². The molecule has 2 aliphatic carbocycles. The van der Waals surface area contributed by atoms with E-state index in [4.69, 9.17) is 0 Å². The second-order valence-corrected chi connectivity index (χ2v) is 16.6. The minimum absolute atomic E-state index is 0. The van der Waals surface area contributed by atoms with Crippen LogP contribution < -0.4 is 24.8 Å². The van der Waals surface area contributed by atoms with Gasteiger partial charge in [0, 0.05) is 0 Å². The van der Waals surface area contributed by atoms with Crippen LogP contribution in [0.5, 0.6) is 0 Å². The van der Waals surface area contributed by atoms with Crippen LogP contribution in [0.15, 0.2) is 108 Å². The van der Waals surface area contributed by atoms with Gasteiger partial charge in [-0.05, 0) is 33.8 Å². The fourth-order valence-corrected chi connectivity index (χ4v) is 6.30. The molecule has 0 N–H and O–H groups in total. The zero-order valence-corrected chi connectivity index (χ0v) is 33.9. The van der Waals surface area contributed by atoms with E-state index < -0.39 is 0 Å². The maximum atomic E-state index is 3.67. The molecule has 6 rings (SSSR count). The summed E-state index contributed by atoms with van der Waals surface area (Å²) in [5.41, 5.74) is 14.4. The molecule has 0 aliphatic heterocycles. The van der Waals surface area contributed by atoms with E-state index in [2.05, 4.69) is 178 Å². The Bertz CT molecular complexity index is 1590. The summed E-state index contributed by atoms with van der Waals surface area (Å²) in [6.45, 7) is 22.4. The fourth-order valence-electron chi connectivity index (χ4n) is 5.48. The van der Waals surface area contributed by atoms with Crippen molar-refractivity contribution in [3.8, 4) is 11.1 Å². The first-order valence-electron chi connectivity index (χ1n) is 16.2. The molecule has 0 saturated carbocycles. The van der Waals surface area contributed by atoms with Crippen LogP contribution in [-0.2, 0) is 41.5 Å². The van der Waals surface area contributed by atoms with E-state index in [1.54, 1.807) is 0 Å². The molecule has 0 heterocycles.